The van der Waals surface area contributed by atoms with Crippen molar-refractivity contribution >= 4 is 0 Å². The molecule has 1 rings (SSSR count). The van der Waals surface area contributed by atoms with Crippen LogP contribution < -0.4 is 18.9 Å². The summed E-state index contributed by atoms with van der Waals surface area (Å²) in [6.45, 7) is 0. The van der Waals surface area contributed by atoms with Crippen molar-refractivity contribution in [1.29, 1.82) is 0 Å². The van der Waals surface area contributed by atoms with Crippen molar-refractivity contribution in [2.75, 3.05) is 0 Å². The predicted molar refractivity (Wildman–Crippen MR) is 15.4 cm³/mol. The van der Waals surface area contributed by atoms with Crippen LogP contribution >= 0.6 is 0 Å². The Balaban J connectivity index is 0.000000250. The van der Waals surface area contributed by atoms with Gasteiger partial charge in [0.2, 0.25) is 0 Å². The van der Waals surface area contributed by atoms with E-state index in [0.717, 1.165) is 0 Å². The molecule has 0 aliphatic rings. The Bertz CT molecular complexity index is 65.3. The van der Waals surface area contributed by atoms with Gasteiger partial charge in [-0.25, -0.2) is 0 Å². The third kappa shape index (κ3) is 1.25. The first-order valence-electron chi connectivity index (χ1n) is 1.23. The molecule has 6 heavy (non-hydrogen) atoms. The Morgan fingerprint density at radius 2 is 2.33 bits per heavy atom. The molecule has 0 aromatic carbocycles. The van der Waals surface area contributed by atoms with Crippen LogP contribution in [0.3, 0.4) is 0 Å². The van der Waals surface area contributed by atoms with E-state index in [1.807, 2.05) is 0 Å². The van der Waals surface area contributed by atoms with Crippen molar-refractivity contribution in [3.05, 3.63) is 12.7 Å². The molecule has 1 aromatic heterocycles. The Labute approximate surface area is 47.3 Å². The van der Waals surface area contributed by atoms with Crippen molar-refractivity contribution < 1.29 is 18.9 Å². The number of hydrogen-bond acceptors (Lipinski definition) is 3. The largest absolute Gasteiger partial charge is 1.00 e. The predicted octanol–water partition coefficient (Wildman–Crippen LogP) is -3.41. The minimum absolute atomic E-state index is 0. The molecule has 0 amide bonds. The summed E-state index contributed by atoms with van der Waals surface area (Å²) in [5, 5.41) is 6.72. The number of hydrogen-bond donors (Lipinski definition) is 0. The molecule has 0 bridgehead atoms. The quantitative estimate of drug-likeness (QED) is 0.238. The Morgan fingerprint density at radius 1 is 1.50 bits per heavy atom. The maximum Gasteiger partial charge on any atom is 1.00 e. The monoisotopic (exact) mass is 75.0 g/mol. The topological polar surface area (TPSA) is 38.7 Å². The number of nitrogens with zero attached hydrogens (tertiary/aromatic N) is 3. The van der Waals surface area contributed by atoms with E-state index in [2.05, 4.69) is 15.2 Å². The Kier molecular flexibility index (Phi) is 2.82. The number of aromatic nitrogens is 3. The van der Waals surface area contributed by atoms with Crippen LogP contribution in [-0.4, -0.2) is 15.2 Å². The zero-order valence-corrected chi connectivity index (χ0v) is 3.50. The zero-order chi connectivity index (χ0) is 3.54. The zero-order valence-electron chi connectivity index (χ0n) is 3.50. The molecule has 0 atom stereocenters. The summed E-state index contributed by atoms with van der Waals surface area (Å²) in [5.74, 6) is 0. The first kappa shape index (κ1) is 5.74. The van der Waals surface area contributed by atoms with E-state index in [-0.39, 0.29) is 18.9 Å². The van der Waals surface area contributed by atoms with Gasteiger partial charge in [-0.05, 0) is 12.7 Å². The first-order chi connectivity index (χ1) is 2.50. The maximum atomic E-state index is 3.50. The molecule has 0 aliphatic heterocycles. The van der Waals surface area contributed by atoms with Gasteiger partial charge >= 0.3 is 18.9 Å². The van der Waals surface area contributed by atoms with E-state index in [1.54, 1.807) is 0 Å². The Hall–Kier alpha value is -0.263. The molecule has 26 valence electrons. The molecule has 0 unspecified atom stereocenters. The smallest absolute Gasteiger partial charge is 0.411 e. The fourth-order valence-electron chi connectivity index (χ4n) is 0.149. The van der Waals surface area contributed by atoms with Crippen molar-refractivity contribution in [2.24, 2.45) is 0 Å². The van der Waals surface area contributed by atoms with Crippen molar-refractivity contribution in [3.8, 4) is 0 Å². The minimum Gasteiger partial charge on any atom is -0.411 e. The SMILES string of the molecule is [Li+].c1n[cH-]nn1. The standard InChI is InChI=1S/C2H2N3.Li/c1-3-2-5-4-1;/h1-2H;/q-1;+1. The van der Waals surface area contributed by atoms with Crippen LogP contribution in [0.15, 0.2) is 12.7 Å². The Morgan fingerprint density at radius 3 is 2.50 bits per heavy atom. The molecule has 3 nitrogen and oxygen atoms in total. The van der Waals surface area contributed by atoms with E-state index >= 15 is 0 Å². The van der Waals surface area contributed by atoms with Gasteiger partial charge in [-0.15, -0.1) is 0 Å². The summed E-state index contributed by atoms with van der Waals surface area (Å²) in [6.07, 6.45) is 2.78. The van der Waals surface area contributed by atoms with Gasteiger partial charge in [-0.3, -0.25) is 10.2 Å². The summed E-state index contributed by atoms with van der Waals surface area (Å²) in [6, 6.07) is 0. The summed E-state index contributed by atoms with van der Waals surface area (Å²) in [7, 11) is 0. The maximum absolute atomic E-state index is 3.50. The fourth-order valence-corrected chi connectivity index (χ4v) is 0.149. The van der Waals surface area contributed by atoms with Crippen molar-refractivity contribution in [1.82, 2.24) is 15.2 Å². The molecule has 0 radical (unpaired) electrons. The van der Waals surface area contributed by atoms with E-state index in [4.69, 9.17) is 0 Å². The molecular weight excluding hydrogens is 73.0 g/mol. The van der Waals surface area contributed by atoms with Crippen LogP contribution in [-0.2, 0) is 0 Å². The molecule has 0 spiro atoms. The van der Waals surface area contributed by atoms with Gasteiger partial charge in [0, 0.05) is 0 Å². The van der Waals surface area contributed by atoms with Gasteiger partial charge in [-0.1, -0.05) is 0 Å². The molecule has 4 heteroatoms. The van der Waals surface area contributed by atoms with Crippen molar-refractivity contribution in [3.63, 3.8) is 0 Å². The summed E-state index contributed by atoms with van der Waals surface area (Å²) in [5.41, 5.74) is 0. The third-order valence-corrected chi connectivity index (χ3v) is 0.303. The van der Waals surface area contributed by atoms with Gasteiger partial charge in [0.15, 0.2) is 0 Å². The summed E-state index contributed by atoms with van der Waals surface area (Å²) < 4.78 is 0. The van der Waals surface area contributed by atoms with Crippen LogP contribution in [0.2, 0.25) is 0 Å². The number of rotatable bonds is 0. The second kappa shape index (κ2) is 2.95. The molecule has 0 saturated carbocycles. The average molecular weight is 75.0 g/mol. The van der Waals surface area contributed by atoms with Gasteiger partial charge in [0.05, 0.1) is 0 Å². The van der Waals surface area contributed by atoms with Crippen LogP contribution in [0.5, 0.6) is 0 Å². The van der Waals surface area contributed by atoms with Gasteiger partial charge < -0.3 is 4.98 Å². The van der Waals surface area contributed by atoms with Crippen molar-refractivity contribution in [2.45, 2.75) is 0 Å². The van der Waals surface area contributed by atoms with Gasteiger partial charge in [0.1, 0.15) is 0 Å². The summed E-state index contributed by atoms with van der Waals surface area (Å²) in [4.78, 5) is 3.50. The van der Waals surface area contributed by atoms with Crippen LogP contribution in [0, 0.1) is 0 Å². The van der Waals surface area contributed by atoms with Crippen LogP contribution in [0.4, 0.5) is 0 Å². The van der Waals surface area contributed by atoms with E-state index in [0.29, 0.717) is 0 Å². The van der Waals surface area contributed by atoms with Crippen LogP contribution in [0.25, 0.3) is 0 Å². The van der Waals surface area contributed by atoms with Crippen LogP contribution in [0.1, 0.15) is 0 Å². The molecule has 1 heterocycles. The van der Waals surface area contributed by atoms with E-state index in [9.17, 15) is 0 Å². The van der Waals surface area contributed by atoms with E-state index < -0.39 is 0 Å². The second-order valence-electron chi connectivity index (χ2n) is 0.611. The van der Waals surface area contributed by atoms with Gasteiger partial charge in [-0.2, -0.15) is 0 Å². The third-order valence-electron chi connectivity index (χ3n) is 0.303. The molecule has 0 aliphatic carbocycles. The molecule has 0 fully saturated rings. The van der Waals surface area contributed by atoms with Gasteiger partial charge in [0.25, 0.3) is 0 Å². The molecule has 0 saturated heterocycles. The normalized spacial score (nSPS) is 6.67. The summed E-state index contributed by atoms with van der Waals surface area (Å²) >= 11 is 0. The fraction of sp³-hybridized carbons (Fsp3) is 0. The average Bonchev–Trinajstić information content (AvgIpc) is 1.76. The minimum atomic E-state index is 0. The molecular formula is C2H2LiN3. The second-order valence-corrected chi connectivity index (χ2v) is 0.611. The van der Waals surface area contributed by atoms with E-state index in [1.165, 1.54) is 12.7 Å². The molecule has 0 N–H and O–H groups in total. The molecule has 1 aromatic rings. The first-order valence-corrected chi connectivity index (χ1v) is 1.23.